The van der Waals surface area contributed by atoms with Gasteiger partial charge in [-0.05, 0) is 18.4 Å². The first kappa shape index (κ1) is 8.40. The van der Waals surface area contributed by atoms with Gasteiger partial charge in [0.05, 0.1) is 0 Å². The molecule has 0 unspecified atom stereocenters. The number of hydrogen-bond donors (Lipinski definition) is 2. The van der Waals surface area contributed by atoms with E-state index in [0.29, 0.717) is 0 Å². The molecule has 0 fully saturated rings. The zero-order valence-electron chi connectivity index (χ0n) is 6.38. The Bertz CT molecular complexity index is 206. The van der Waals surface area contributed by atoms with E-state index in [2.05, 4.69) is 29.1 Å². The summed E-state index contributed by atoms with van der Waals surface area (Å²) in [5.74, 6) is 0.888. The van der Waals surface area contributed by atoms with Crippen molar-refractivity contribution >= 4 is 18.7 Å². The maximum Gasteiger partial charge on any atom is 0.133 e. The summed E-state index contributed by atoms with van der Waals surface area (Å²) in [5.41, 5.74) is 1.20. The highest BCUT2D eigenvalue weighted by molar-refractivity contribution is 7.78. The number of rotatable bonds is 1. The van der Waals surface area contributed by atoms with Crippen molar-refractivity contribution in [3.05, 3.63) is 24.3 Å². The van der Waals surface area contributed by atoms with Gasteiger partial charge in [0, 0.05) is 6.54 Å². The molecule has 0 aliphatic carbocycles. The second-order valence-corrected chi connectivity index (χ2v) is 2.60. The lowest BCUT2D eigenvalue weighted by Gasteiger charge is -2.13. The zero-order chi connectivity index (χ0) is 8.10. The summed E-state index contributed by atoms with van der Waals surface area (Å²) in [7, 11) is 0. The van der Waals surface area contributed by atoms with Crippen LogP contribution in [0.15, 0.2) is 29.3 Å². The quantitative estimate of drug-likeness (QED) is 0.572. The minimum Gasteiger partial charge on any atom is -0.317 e. The minimum absolute atomic E-state index is 0.888. The Morgan fingerprint density at radius 3 is 3.09 bits per heavy atom. The maximum absolute atomic E-state index is 4.26. The molecular formula is C8H12N2S. The third kappa shape index (κ3) is 2.12. The minimum atomic E-state index is 0.888. The molecule has 1 rings (SSSR count). The summed E-state index contributed by atoms with van der Waals surface area (Å²) in [6.45, 7) is 4.54. The van der Waals surface area contributed by atoms with E-state index < -0.39 is 0 Å². The van der Waals surface area contributed by atoms with Gasteiger partial charge in [-0.2, -0.15) is 0 Å². The Morgan fingerprint density at radius 2 is 2.45 bits per heavy atom. The van der Waals surface area contributed by atoms with E-state index in [9.17, 15) is 0 Å². The summed E-state index contributed by atoms with van der Waals surface area (Å²) in [6.07, 6.45) is 5.94. The van der Waals surface area contributed by atoms with E-state index >= 15 is 0 Å². The summed E-state index contributed by atoms with van der Waals surface area (Å²) in [5, 5.41) is 0. The number of thiol groups is 1. The first-order chi connectivity index (χ1) is 5.38. The molecule has 0 radical (unpaired) electrons. The lowest BCUT2D eigenvalue weighted by molar-refractivity contribution is 0.808. The average Bonchev–Trinajstić information content (AvgIpc) is 2.06. The van der Waals surface area contributed by atoms with Crippen LogP contribution in [0.5, 0.6) is 0 Å². The molecule has 0 spiro atoms. The molecule has 0 amide bonds. The molecule has 1 aliphatic rings. The molecule has 60 valence electrons. The summed E-state index contributed by atoms with van der Waals surface area (Å²) in [6, 6.07) is 0. The first-order valence-electron chi connectivity index (χ1n) is 3.65. The van der Waals surface area contributed by atoms with Crippen molar-refractivity contribution in [2.75, 3.05) is 6.54 Å². The van der Waals surface area contributed by atoms with Crippen LogP contribution in [0.4, 0.5) is 0 Å². The molecule has 0 saturated carbocycles. The third-order valence-corrected chi connectivity index (χ3v) is 1.82. The van der Waals surface area contributed by atoms with Crippen LogP contribution in [0.3, 0.4) is 0 Å². The summed E-state index contributed by atoms with van der Waals surface area (Å²) in [4.78, 5) is 4.26. The monoisotopic (exact) mass is 168 g/mol. The van der Waals surface area contributed by atoms with Crippen molar-refractivity contribution in [3.63, 3.8) is 0 Å². The first-order valence-corrected chi connectivity index (χ1v) is 4.09. The molecular weight excluding hydrogens is 156 g/mol. The van der Waals surface area contributed by atoms with Crippen LogP contribution in [-0.4, -0.2) is 12.4 Å². The van der Waals surface area contributed by atoms with E-state index in [1.54, 1.807) is 6.08 Å². The van der Waals surface area contributed by atoms with Crippen LogP contribution in [0.1, 0.15) is 12.8 Å². The second kappa shape index (κ2) is 4.23. The van der Waals surface area contributed by atoms with Crippen molar-refractivity contribution in [2.45, 2.75) is 12.8 Å². The standard InChI is InChI=1S/C8H12N2S/c1-2-4-7-5-3-6-9-8(7)10-11/h2,4,11H,1,3,5-6H2,(H,9,10)/b7-4-. The smallest absolute Gasteiger partial charge is 0.133 e. The molecule has 1 aliphatic heterocycles. The highest BCUT2D eigenvalue weighted by atomic mass is 32.1. The largest absolute Gasteiger partial charge is 0.317 e. The van der Waals surface area contributed by atoms with Crippen LogP contribution in [-0.2, 0) is 0 Å². The molecule has 1 heterocycles. The molecule has 3 heteroatoms. The average molecular weight is 168 g/mol. The Kier molecular flexibility index (Phi) is 3.23. The van der Waals surface area contributed by atoms with Gasteiger partial charge in [-0.15, -0.1) is 0 Å². The number of nitrogens with one attached hydrogen (secondary N) is 1. The van der Waals surface area contributed by atoms with Crippen LogP contribution < -0.4 is 4.72 Å². The lowest BCUT2D eigenvalue weighted by Crippen LogP contribution is -2.20. The Hall–Kier alpha value is -0.700. The zero-order valence-corrected chi connectivity index (χ0v) is 7.27. The fourth-order valence-corrected chi connectivity index (χ4v) is 1.31. The number of allylic oxidation sites excluding steroid dienone is 2. The molecule has 0 saturated heterocycles. The Labute approximate surface area is 72.6 Å². The number of nitrogens with zero attached hydrogens (tertiary/aromatic N) is 1. The van der Waals surface area contributed by atoms with Crippen LogP contribution in [0.2, 0.25) is 0 Å². The second-order valence-electron chi connectivity index (χ2n) is 2.37. The van der Waals surface area contributed by atoms with Crippen LogP contribution in [0, 0.1) is 0 Å². The predicted octanol–water partition coefficient (Wildman–Crippen LogP) is 1.73. The van der Waals surface area contributed by atoms with Gasteiger partial charge in [0.2, 0.25) is 0 Å². The van der Waals surface area contributed by atoms with Crippen LogP contribution >= 0.6 is 12.8 Å². The topological polar surface area (TPSA) is 24.4 Å². The molecule has 1 N–H and O–H groups in total. The predicted molar refractivity (Wildman–Crippen MR) is 51.9 cm³/mol. The van der Waals surface area contributed by atoms with Gasteiger partial charge in [-0.25, -0.2) is 0 Å². The highest BCUT2D eigenvalue weighted by Crippen LogP contribution is 2.12. The molecule has 0 bridgehead atoms. The normalized spacial score (nSPS) is 21.2. The Morgan fingerprint density at radius 1 is 1.64 bits per heavy atom. The molecule has 0 aromatic rings. The molecule has 0 atom stereocenters. The van der Waals surface area contributed by atoms with Crippen molar-refractivity contribution in [1.29, 1.82) is 0 Å². The van der Waals surface area contributed by atoms with E-state index in [-0.39, 0.29) is 0 Å². The Balaban J connectivity index is 2.77. The van der Waals surface area contributed by atoms with Gasteiger partial charge in [0.1, 0.15) is 5.84 Å². The van der Waals surface area contributed by atoms with Crippen molar-refractivity contribution in [2.24, 2.45) is 4.99 Å². The van der Waals surface area contributed by atoms with Crippen molar-refractivity contribution in [3.8, 4) is 0 Å². The number of hydrogen-bond acceptors (Lipinski definition) is 3. The van der Waals surface area contributed by atoms with Crippen LogP contribution in [0.25, 0.3) is 0 Å². The maximum atomic E-state index is 4.26. The van der Waals surface area contributed by atoms with Crippen molar-refractivity contribution < 1.29 is 0 Å². The van der Waals surface area contributed by atoms with Gasteiger partial charge in [-0.1, -0.05) is 31.5 Å². The van der Waals surface area contributed by atoms with Gasteiger partial charge in [0.15, 0.2) is 0 Å². The fraction of sp³-hybridized carbons (Fsp3) is 0.375. The molecule has 0 aromatic carbocycles. The van der Waals surface area contributed by atoms with E-state index in [1.807, 2.05) is 6.08 Å². The molecule has 2 nitrogen and oxygen atoms in total. The number of amidine groups is 1. The molecule has 0 aromatic heterocycles. The van der Waals surface area contributed by atoms with Crippen molar-refractivity contribution in [1.82, 2.24) is 4.72 Å². The summed E-state index contributed by atoms with van der Waals surface area (Å²) < 4.78 is 2.77. The van der Waals surface area contributed by atoms with E-state index in [4.69, 9.17) is 0 Å². The van der Waals surface area contributed by atoms with Gasteiger partial charge in [0.25, 0.3) is 0 Å². The van der Waals surface area contributed by atoms with Gasteiger partial charge < -0.3 is 4.72 Å². The van der Waals surface area contributed by atoms with Gasteiger partial charge >= 0.3 is 0 Å². The SMILES string of the molecule is C=C/C=C1/CCCN=C1NS. The third-order valence-electron chi connectivity index (χ3n) is 1.60. The summed E-state index contributed by atoms with van der Waals surface area (Å²) >= 11 is 3.96. The fourth-order valence-electron chi connectivity index (χ4n) is 1.09. The lowest BCUT2D eigenvalue weighted by atomic mass is 10.1. The number of aliphatic imine (C=N–C) groups is 1. The van der Waals surface area contributed by atoms with E-state index in [1.165, 1.54) is 5.57 Å². The van der Waals surface area contributed by atoms with E-state index in [0.717, 1.165) is 25.2 Å². The molecule has 11 heavy (non-hydrogen) atoms. The van der Waals surface area contributed by atoms with Gasteiger partial charge in [-0.3, -0.25) is 4.99 Å². The highest BCUT2D eigenvalue weighted by Gasteiger charge is 2.08.